The van der Waals surface area contributed by atoms with Crippen molar-refractivity contribution in [2.45, 2.75) is 51.1 Å². The number of nitrogens with two attached hydrogens (primary N) is 1. The summed E-state index contributed by atoms with van der Waals surface area (Å²) in [6.07, 6.45) is 2.10. The first-order valence-corrected chi connectivity index (χ1v) is 14.6. The van der Waals surface area contributed by atoms with E-state index in [-0.39, 0.29) is 48.1 Å². The van der Waals surface area contributed by atoms with Crippen molar-refractivity contribution in [3.8, 4) is 11.5 Å². The van der Waals surface area contributed by atoms with E-state index in [2.05, 4.69) is 30.7 Å². The van der Waals surface area contributed by atoms with E-state index in [4.69, 9.17) is 5.73 Å². The SMILES string of the molecule is CC(C)(NC(=O)CCc1ccc([C@]2(C)C(=O)Nc3nc(-c4nn(Cc5ccccc5F)c5ncccc45)nc(N)c32)cc1)C(=O)O. The van der Waals surface area contributed by atoms with Crippen LogP contribution in [0.25, 0.3) is 22.6 Å². The van der Waals surface area contributed by atoms with Gasteiger partial charge in [-0.25, -0.2) is 28.8 Å². The van der Waals surface area contributed by atoms with Crippen LogP contribution >= 0.6 is 0 Å². The molecule has 0 unspecified atom stereocenters. The molecule has 2 amide bonds. The molecule has 0 spiro atoms. The highest BCUT2D eigenvalue weighted by Crippen LogP contribution is 2.45. The number of nitrogens with zero attached hydrogens (tertiary/aromatic N) is 5. The minimum Gasteiger partial charge on any atom is -0.480 e. The zero-order valence-electron chi connectivity index (χ0n) is 25.3. The highest BCUT2D eigenvalue weighted by Gasteiger charge is 2.47. The Morgan fingerprint density at radius 2 is 1.83 bits per heavy atom. The Labute approximate surface area is 262 Å². The van der Waals surface area contributed by atoms with Crippen LogP contribution in [0.3, 0.4) is 0 Å². The molecule has 5 aromatic rings. The predicted octanol–water partition coefficient (Wildman–Crippen LogP) is 3.83. The summed E-state index contributed by atoms with van der Waals surface area (Å²) in [4.78, 5) is 50.8. The lowest BCUT2D eigenvalue weighted by atomic mass is 9.77. The highest BCUT2D eigenvalue weighted by molar-refractivity contribution is 6.09. The fourth-order valence-electron chi connectivity index (χ4n) is 5.59. The molecule has 0 radical (unpaired) electrons. The summed E-state index contributed by atoms with van der Waals surface area (Å²) in [6, 6.07) is 17.2. The zero-order valence-corrected chi connectivity index (χ0v) is 25.3. The fraction of sp³-hybridized carbons (Fsp3) is 0.242. The van der Waals surface area contributed by atoms with Crippen molar-refractivity contribution in [1.29, 1.82) is 0 Å². The van der Waals surface area contributed by atoms with E-state index in [1.54, 1.807) is 54.2 Å². The van der Waals surface area contributed by atoms with Crippen molar-refractivity contribution in [2.75, 3.05) is 11.1 Å². The number of carboxylic acid groups (broad SMARTS) is 1. The Bertz CT molecular complexity index is 2020. The van der Waals surface area contributed by atoms with Gasteiger partial charge in [-0.15, -0.1) is 0 Å². The summed E-state index contributed by atoms with van der Waals surface area (Å²) in [7, 11) is 0. The molecule has 3 aromatic heterocycles. The third kappa shape index (κ3) is 5.29. The second kappa shape index (κ2) is 11.3. The molecule has 0 bridgehead atoms. The second-order valence-corrected chi connectivity index (χ2v) is 11.9. The number of rotatable bonds is 9. The molecule has 46 heavy (non-hydrogen) atoms. The van der Waals surface area contributed by atoms with Gasteiger partial charge in [0.25, 0.3) is 0 Å². The Morgan fingerprint density at radius 1 is 1.09 bits per heavy atom. The maximum atomic E-state index is 14.5. The number of carboxylic acids is 1. The number of benzene rings is 2. The Kier molecular flexibility index (Phi) is 7.47. The first kappa shape index (κ1) is 30.3. The molecule has 0 fully saturated rings. The Balaban J connectivity index is 1.28. The molecule has 6 rings (SSSR count). The fourth-order valence-corrected chi connectivity index (χ4v) is 5.59. The number of hydrogen-bond donors (Lipinski definition) is 4. The number of carbonyl (C=O) groups is 3. The number of nitrogens with one attached hydrogen (secondary N) is 2. The van der Waals surface area contributed by atoms with Gasteiger partial charge < -0.3 is 21.5 Å². The van der Waals surface area contributed by atoms with Gasteiger partial charge in [0.2, 0.25) is 11.8 Å². The number of hydrogen-bond acceptors (Lipinski definition) is 8. The lowest BCUT2D eigenvalue weighted by molar-refractivity contribution is -0.146. The smallest absolute Gasteiger partial charge is 0.328 e. The van der Waals surface area contributed by atoms with Gasteiger partial charge in [0.05, 0.1) is 17.5 Å². The normalized spacial score (nSPS) is 15.9. The second-order valence-electron chi connectivity index (χ2n) is 11.9. The van der Waals surface area contributed by atoms with Crippen LogP contribution in [0.2, 0.25) is 0 Å². The van der Waals surface area contributed by atoms with E-state index in [0.717, 1.165) is 5.56 Å². The number of aliphatic carboxylic acids is 1. The summed E-state index contributed by atoms with van der Waals surface area (Å²) in [5, 5.41) is 19.9. The lowest BCUT2D eigenvalue weighted by Crippen LogP contribution is -2.49. The van der Waals surface area contributed by atoms with Crippen LogP contribution in [0.15, 0.2) is 66.9 Å². The van der Waals surface area contributed by atoms with Crippen molar-refractivity contribution in [3.05, 3.63) is 94.9 Å². The Hall–Kier alpha value is -5.72. The van der Waals surface area contributed by atoms with Gasteiger partial charge in [-0.1, -0.05) is 42.5 Å². The maximum absolute atomic E-state index is 14.5. The molecular formula is C33H31FN8O4. The molecule has 4 heterocycles. The van der Waals surface area contributed by atoms with E-state index < -0.39 is 16.9 Å². The van der Waals surface area contributed by atoms with Gasteiger partial charge in [0.15, 0.2) is 11.5 Å². The van der Waals surface area contributed by atoms with E-state index in [9.17, 15) is 23.9 Å². The van der Waals surface area contributed by atoms with E-state index >= 15 is 0 Å². The van der Waals surface area contributed by atoms with Crippen molar-refractivity contribution in [2.24, 2.45) is 0 Å². The third-order valence-corrected chi connectivity index (χ3v) is 8.28. The molecule has 2 aromatic carbocycles. The number of halogens is 1. The zero-order chi connectivity index (χ0) is 32.8. The van der Waals surface area contributed by atoms with Crippen molar-refractivity contribution in [1.82, 2.24) is 30.0 Å². The number of pyridine rings is 1. The summed E-state index contributed by atoms with van der Waals surface area (Å²) >= 11 is 0. The van der Waals surface area contributed by atoms with Crippen LogP contribution in [0, 0.1) is 5.82 Å². The largest absolute Gasteiger partial charge is 0.480 e. The van der Waals surface area contributed by atoms with Crippen LogP contribution in [0.5, 0.6) is 0 Å². The monoisotopic (exact) mass is 622 g/mol. The average Bonchev–Trinajstić information content (AvgIpc) is 3.51. The number of amides is 2. The topological polar surface area (TPSA) is 178 Å². The van der Waals surface area contributed by atoms with Crippen molar-refractivity contribution >= 4 is 40.5 Å². The number of anilines is 2. The molecule has 234 valence electrons. The van der Waals surface area contributed by atoms with Crippen LogP contribution in [0.1, 0.15) is 49.4 Å². The first-order valence-electron chi connectivity index (χ1n) is 14.6. The summed E-state index contributed by atoms with van der Waals surface area (Å²) in [6.45, 7) is 4.72. The van der Waals surface area contributed by atoms with Gasteiger partial charge >= 0.3 is 5.97 Å². The van der Waals surface area contributed by atoms with Crippen LogP contribution < -0.4 is 16.4 Å². The van der Waals surface area contributed by atoms with Crippen LogP contribution in [-0.4, -0.2) is 53.2 Å². The predicted molar refractivity (Wildman–Crippen MR) is 168 cm³/mol. The lowest BCUT2D eigenvalue weighted by Gasteiger charge is -2.24. The molecule has 13 heteroatoms. The van der Waals surface area contributed by atoms with E-state index in [1.165, 1.54) is 19.9 Å². The average molecular weight is 623 g/mol. The maximum Gasteiger partial charge on any atom is 0.328 e. The standard InChI is InChI=1S/C33H31FN8O4/c1-32(2,31(45)46)40-23(43)15-12-18-10-13-20(14-11-18)33(3)24-26(35)37-28(38-27(24)39-30(33)44)25-21-8-6-16-36-29(21)42(41-25)17-19-7-4-5-9-22(19)34/h4-11,13-14,16H,12,15,17H2,1-3H3,(H,40,43)(H,45,46)(H3,35,37,38,39,44)/t33-/m0/s1. The number of nitrogen functional groups attached to an aromatic ring is 1. The minimum atomic E-state index is -1.37. The Morgan fingerprint density at radius 3 is 2.54 bits per heavy atom. The van der Waals surface area contributed by atoms with Gasteiger partial charge in [0, 0.05) is 18.2 Å². The summed E-state index contributed by atoms with van der Waals surface area (Å²) in [5.41, 5.74) is 7.22. The highest BCUT2D eigenvalue weighted by atomic mass is 19.1. The summed E-state index contributed by atoms with van der Waals surface area (Å²) in [5.74, 6) is -1.65. The van der Waals surface area contributed by atoms with Crippen LogP contribution in [-0.2, 0) is 32.8 Å². The molecule has 0 saturated carbocycles. The minimum absolute atomic E-state index is 0.0977. The van der Waals surface area contributed by atoms with Gasteiger partial charge in [-0.2, -0.15) is 5.10 Å². The molecule has 5 N–H and O–H groups in total. The number of aryl methyl sites for hydroxylation is 1. The molecule has 1 atom stereocenters. The van der Waals surface area contributed by atoms with Crippen molar-refractivity contribution < 1.29 is 23.9 Å². The molecule has 1 aliphatic rings. The molecule has 12 nitrogen and oxygen atoms in total. The first-order chi connectivity index (χ1) is 21.9. The number of fused-ring (bicyclic) bond motifs is 2. The molecule has 1 aliphatic heterocycles. The van der Waals surface area contributed by atoms with E-state index in [0.29, 0.717) is 39.8 Å². The number of carbonyl (C=O) groups excluding carboxylic acids is 2. The quantitative estimate of drug-likeness (QED) is 0.190. The molecular weight excluding hydrogens is 591 g/mol. The molecule has 0 saturated heterocycles. The number of aromatic nitrogens is 5. The summed E-state index contributed by atoms with van der Waals surface area (Å²) < 4.78 is 16.0. The van der Waals surface area contributed by atoms with Gasteiger partial charge in [-0.05, 0) is 56.5 Å². The molecule has 0 aliphatic carbocycles. The van der Waals surface area contributed by atoms with Gasteiger partial charge in [-0.3, -0.25) is 9.59 Å². The van der Waals surface area contributed by atoms with Crippen LogP contribution in [0.4, 0.5) is 16.0 Å². The van der Waals surface area contributed by atoms with E-state index in [1.807, 2.05) is 18.2 Å². The third-order valence-electron chi connectivity index (χ3n) is 8.28. The van der Waals surface area contributed by atoms with Crippen molar-refractivity contribution in [3.63, 3.8) is 0 Å². The van der Waals surface area contributed by atoms with Gasteiger partial charge in [0.1, 0.15) is 34.1 Å².